The van der Waals surface area contributed by atoms with Crippen molar-refractivity contribution in [2.24, 2.45) is 0 Å². The molecule has 21 heavy (non-hydrogen) atoms. The number of hydrogen-bond acceptors (Lipinski definition) is 4. The summed E-state index contributed by atoms with van der Waals surface area (Å²) in [6, 6.07) is 11.6. The van der Waals surface area contributed by atoms with Crippen molar-refractivity contribution in [3.63, 3.8) is 0 Å². The lowest BCUT2D eigenvalue weighted by Crippen LogP contribution is -2.13. The first-order valence-electron chi connectivity index (χ1n) is 6.01. The van der Waals surface area contributed by atoms with Crippen LogP contribution in [-0.2, 0) is 10.0 Å². The molecule has 3 N–H and O–H groups in total. The van der Waals surface area contributed by atoms with Crippen molar-refractivity contribution < 1.29 is 8.42 Å². The Balaban J connectivity index is 1.98. The number of thiophene rings is 1. The lowest BCUT2D eigenvalue weighted by Gasteiger charge is -2.10. The molecule has 0 amide bonds. The number of hydrogen-bond donors (Lipinski definition) is 2. The maximum absolute atomic E-state index is 12.4. The second-order valence-electron chi connectivity index (χ2n) is 4.47. The summed E-state index contributed by atoms with van der Waals surface area (Å²) in [5.41, 5.74) is 6.48. The van der Waals surface area contributed by atoms with Crippen LogP contribution in [0.25, 0.3) is 10.1 Å². The molecular weight excluding hydrogens is 328 g/mol. The van der Waals surface area contributed by atoms with Crippen LogP contribution in [-0.4, -0.2) is 8.42 Å². The SMILES string of the molecule is Nc1ccc(S(=O)(=O)Nc2ccc3sccc3c2)c(Cl)c1. The van der Waals surface area contributed by atoms with Crippen molar-refractivity contribution in [2.45, 2.75) is 4.90 Å². The van der Waals surface area contributed by atoms with Gasteiger partial charge in [-0.3, -0.25) is 4.72 Å². The fourth-order valence-electron chi connectivity index (χ4n) is 1.98. The molecule has 1 aromatic heterocycles. The Labute approximate surface area is 131 Å². The number of halogens is 1. The van der Waals surface area contributed by atoms with Gasteiger partial charge in [-0.25, -0.2) is 8.42 Å². The van der Waals surface area contributed by atoms with E-state index in [9.17, 15) is 8.42 Å². The molecular formula is C14H11ClN2O2S2. The Bertz CT molecular complexity index is 920. The molecule has 0 fully saturated rings. The minimum Gasteiger partial charge on any atom is -0.399 e. The van der Waals surface area contributed by atoms with E-state index in [1.54, 1.807) is 23.5 Å². The van der Waals surface area contributed by atoms with E-state index in [-0.39, 0.29) is 9.92 Å². The first-order chi connectivity index (χ1) is 9.95. The standard InChI is InChI=1S/C14H11ClN2O2S2/c15-12-8-10(16)1-4-14(12)21(18,19)17-11-2-3-13-9(7-11)5-6-20-13/h1-8,17H,16H2. The van der Waals surface area contributed by atoms with E-state index in [4.69, 9.17) is 17.3 Å². The van der Waals surface area contributed by atoms with Gasteiger partial charge in [-0.1, -0.05) is 11.6 Å². The highest BCUT2D eigenvalue weighted by Crippen LogP contribution is 2.28. The topological polar surface area (TPSA) is 72.2 Å². The van der Waals surface area contributed by atoms with Crippen molar-refractivity contribution in [1.29, 1.82) is 0 Å². The molecule has 0 aliphatic carbocycles. The summed E-state index contributed by atoms with van der Waals surface area (Å²) in [4.78, 5) is 0.00350. The smallest absolute Gasteiger partial charge is 0.263 e. The predicted octanol–water partition coefficient (Wildman–Crippen LogP) is 3.94. The van der Waals surface area contributed by atoms with Crippen molar-refractivity contribution in [1.82, 2.24) is 0 Å². The molecule has 3 rings (SSSR count). The zero-order valence-corrected chi connectivity index (χ0v) is 13.1. The quantitative estimate of drug-likeness (QED) is 0.710. The number of rotatable bonds is 3. The van der Waals surface area contributed by atoms with Gasteiger partial charge < -0.3 is 5.73 Å². The van der Waals surface area contributed by atoms with Crippen LogP contribution in [0.4, 0.5) is 11.4 Å². The molecule has 0 aliphatic heterocycles. The van der Waals surface area contributed by atoms with Gasteiger partial charge in [0.15, 0.2) is 0 Å². The number of nitrogens with two attached hydrogens (primary N) is 1. The first-order valence-corrected chi connectivity index (χ1v) is 8.75. The molecule has 0 saturated carbocycles. The minimum absolute atomic E-state index is 0.00350. The van der Waals surface area contributed by atoms with Crippen LogP contribution in [0.2, 0.25) is 5.02 Å². The number of benzene rings is 2. The van der Waals surface area contributed by atoms with Gasteiger partial charge in [0.2, 0.25) is 0 Å². The van der Waals surface area contributed by atoms with Gasteiger partial charge in [0.05, 0.1) is 5.02 Å². The van der Waals surface area contributed by atoms with E-state index >= 15 is 0 Å². The Kier molecular flexibility index (Phi) is 3.52. The zero-order chi connectivity index (χ0) is 15.0. The number of nitrogen functional groups attached to an aromatic ring is 1. The highest BCUT2D eigenvalue weighted by atomic mass is 35.5. The predicted molar refractivity (Wildman–Crippen MR) is 88.5 cm³/mol. The first kappa shape index (κ1) is 14.2. The van der Waals surface area contributed by atoms with Gasteiger partial charge in [0.1, 0.15) is 4.90 Å². The van der Waals surface area contributed by atoms with Crippen LogP contribution >= 0.6 is 22.9 Å². The van der Waals surface area contributed by atoms with E-state index in [0.717, 1.165) is 10.1 Å². The highest BCUT2D eigenvalue weighted by Gasteiger charge is 2.18. The average molecular weight is 339 g/mol. The lowest BCUT2D eigenvalue weighted by molar-refractivity contribution is 0.601. The number of anilines is 2. The number of sulfonamides is 1. The van der Waals surface area contributed by atoms with Gasteiger partial charge in [0.25, 0.3) is 10.0 Å². The fraction of sp³-hybridized carbons (Fsp3) is 0. The fourth-order valence-corrected chi connectivity index (χ4v) is 4.35. The van der Waals surface area contributed by atoms with E-state index in [1.807, 2.05) is 17.5 Å². The molecule has 0 aliphatic rings. The Morgan fingerprint density at radius 2 is 1.90 bits per heavy atom. The summed E-state index contributed by atoms with van der Waals surface area (Å²) >= 11 is 7.56. The highest BCUT2D eigenvalue weighted by molar-refractivity contribution is 7.92. The zero-order valence-electron chi connectivity index (χ0n) is 10.7. The molecule has 0 spiro atoms. The summed E-state index contributed by atoms with van der Waals surface area (Å²) in [5, 5.41) is 3.04. The molecule has 1 heterocycles. The third kappa shape index (κ3) is 2.83. The molecule has 2 aromatic carbocycles. The molecule has 3 aromatic rings. The monoisotopic (exact) mass is 338 g/mol. The molecule has 0 bridgehead atoms. The van der Waals surface area contributed by atoms with E-state index in [2.05, 4.69) is 4.72 Å². The minimum atomic E-state index is -3.75. The largest absolute Gasteiger partial charge is 0.399 e. The van der Waals surface area contributed by atoms with Crippen LogP contribution in [0.15, 0.2) is 52.7 Å². The van der Waals surface area contributed by atoms with Crippen LogP contribution in [0, 0.1) is 0 Å². The van der Waals surface area contributed by atoms with Crippen LogP contribution < -0.4 is 10.5 Å². The number of nitrogens with one attached hydrogen (secondary N) is 1. The van der Waals surface area contributed by atoms with Crippen LogP contribution in [0.5, 0.6) is 0 Å². The molecule has 4 nitrogen and oxygen atoms in total. The van der Waals surface area contributed by atoms with E-state index in [1.165, 1.54) is 18.2 Å². The third-order valence-electron chi connectivity index (χ3n) is 2.95. The molecule has 0 radical (unpaired) electrons. The van der Waals surface area contributed by atoms with Crippen LogP contribution in [0.1, 0.15) is 0 Å². The van der Waals surface area contributed by atoms with Gasteiger partial charge >= 0.3 is 0 Å². The molecule has 0 atom stereocenters. The van der Waals surface area contributed by atoms with E-state index < -0.39 is 10.0 Å². The van der Waals surface area contributed by atoms with Crippen molar-refractivity contribution in [2.75, 3.05) is 10.5 Å². The summed E-state index contributed by atoms with van der Waals surface area (Å²) in [5.74, 6) is 0. The normalized spacial score (nSPS) is 11.7. The van der Waals surface area contributed by atoms with Gasteiger partial charge in [0, 0.05) is 16.1 Å². The molecule has 0 saturated heterocycles. The van der Waals surface area contributed by atoms with Gasteiger partial charge in [-0.2, -0.15) is 0 Å². The second-order valence-corrected chi connectivity index (χ2v) is 7.47. The van der Waals surface area contributed by atoms with E-state index in [0.29, 0.717) is 11.4 Å². The molecule has 0 unspecified atom stereocenters. The van der Waals surface area contributed by atoms with Crippen molar-refractivity contribution in [3.05, 3.63) is 52.9 Å². The maximum atomic E-state index is 12.4. The van der Waals surface area contributed by atoms with Crippen molar-refractivity contribution in [3.8, 4) is 0 Å². The Hall–Kier alpha value is -1.76. The average Bonchev–Trinajstić information content (AvgIpc) is 2.85. The third-order valence-corrected chi connectivity index (χ3v) is 5.71. The summed E-state index contributed by atoms with van der Waals surface area (Å²) < 4.78 is 28.4. The Morgan fingerprint density at radius 1 is 1.10 bits per heavy atom. The Morgan fingerprint density at radius 3 is 2.67 bits per heavy atom. The summed E-state index contributed by atoms with van der Waals surface area (Å²) in [6.07, 6.45) is 0. The second kappa shape index (κ2) is 5.22. The van der Waals surface area contributed by atoms with Crippen LogP contribution in [0.3, 0.4) is 0 Å². The summed E-state index contributed by atoms with van der Waals surface area (Å²) in [6.45, 7) is 0. The van der Waals surface area contributed by atoms with Gasteiger partial charge in [-0.05, 0) is 53.2 Å². The van der Waals surface area contributed by atoms with Gasteiger partial charge in [-0.15, -0.1) is 11.3 Å². The molecule has 108 valence electrons. The summed E-state index contributed by atoms with van der Waals surface area (Å²) in [7, 11) is -3.75. The lowest BCUT2D eigenvalue weighted by atomic mass is 10.2. The number of fused-ring (bicyclic) bond motifs is 1. The van der Waals surface area contributed by atoms with Crippen molar-refractivity contribution >= 4 is 54.4 Å². The maximum Gasteiger partial charge on any atom is 0.263 e. The molecule has 7 heteroatoms.